The summed E-state index contributed by atoms with van der Waals surface area (Å²) in [5.41, 5.74) is 0.529. The molecule has 0 amide bonds. The van der Waals surface area contributed by atoms with Crippen molar-refractivity contribution in [3.05, 3.63) is 42.2 Å². The molecule has 1 N–H and O–H groups in total. The molecule has 1 aliphatic carbocycles. The van der Waals surface area contributed by atoms with Crippen LogP contribution in [0, 0.1) is 11.6 Å². The lowest BCUT2D eigenvalue weighted by Crippen LogP contribution is -2.03. The van der Waals surface area contributed by atoms with Crippen LogP contribution in [0.2, 0.25) is 0 Å². The maximum absolute atomic E-state index is 13.6. The molecule has 1 fully saturated rings. The van der Waals surface area contributed by atoms with Gasteiger partial charge in [-0.25, -0.2) is 18.7 Å². The molecule has 0 spiro atoms. The number of hydrogen-bond acceptors (Lipinski definition) is 3. The first-order valence-corrected chi connectivity index (χ1v) is 5.76. The number of aromatic nitrogens is 2. The zero-order chi connectivity index (χ0) is 12.5. The SMILES string of the molecule is Fc1ccc(F)c(-c2cc(NC3CC3)ncn2)c1. The Morgan fingerprint density at radius 3 is 2.72 bits per heavy atom. The molecule has 0 unspecified atom stereocenters. The Labute approximate surface area is 103 Å². The number of rotatable bonds is 3. The Kier molecular flexibility index (Phi) is 2.66. The van der Waals surface area contributed by atoms with E-state index in [-0.39, 0.29) is 5.56 Å². The van der Waals surface area contributed by atoms with E-state index < -0.39 is 11.6 Å². The Hall–Kier alpha value is -2.04. The fraction of sp³-hybridized carbons (Fsp3) is 0.231. The summed E-state index contributed by atoms with van der Waals surface area (Å²) in [6.45, 7) is 0. The quantitative estimate of drug-likeness (QED) is 0.906. The van der Waals surface area contributed by atoms with Crippen molar-refractivity contribution in [2.45, 2.75) is 18.9 Å². The summed E-state index contributed by atoms with van der Waals surface area (Å²) in [5.74, 6) is -0.333. The predicted octanol–water partition coefficient (Wildman–Crippen LogP) is 3.00. The standard InChI is InChI=1S/C13H11F2N3/c14-8-1-4-11(15)10(5-8)12-6-13(17-7-16-12)18-9-2-3-9/h1,4-7,9H,2-3H2,(H,16,17,18). The molecule has 2 aromatic rings. The van der Waals surface area contributed by atoms with Crippen molar-refractivity contribution in [2.75, 3.05) is 5.32 Å². The van der Waals surface area contributed by atoms with Crippen LogP contribution in [-0.4, -0.2) is 16.0 Å². The first kappa shape index (κ1) is 11.1. The lowest BCUT2D eigenvalue weighted by atomic mass is 10.1. The van der Waals surface area contributed by atoms with E-state index in [1.165, 1.54) is 6.33 Å². The van der Waals surface area contributed by atoms with Crippen LogP contribution in [-0.2, 0) is 0 Å². The number of anilines is 1. The molecule has 0 atom stereocenters. The van der Waals surface area contributed by atoms with Gasteiger partial charge in [0.05, 0.1) is 5.69 Å². The second-order valence-corrected chi connectivity index (χ2v) is 4.33. The lowest BCUT2D eigenvalue weighted by molar-refractivity contribution is 0.602. The molecular weight excluding hydrogens is 236 g/mol. The summed E-state index contributed by atoms with van der Waals surface area (Å²) >= 11 is 0. The molecule has 92 valence electrons. The molecule has 3 nitrogen and oxygen atoms in total. The third kappa shape index (κ3) is 2.30. The number of hydrogen-bond donors (Lipinski definition) is 1. The van der Waals surface area contributed by atoms with Gasteiger partial charge in [-0.3, -0.25) is 0 Å². The average Bonchev–Trinajstić information content (AvgIpc) is 3.16. The van der Waals surface area contributed by atoms with E-state index in [4.69, 9.17) is 0 Å². The van der Waals surface area contributed by atoms with E-state index in [0.717, 1.165) is 31.0 Å². The van der Waals surface area contributed by atoms with Crippen molar-refractivity contribution < 1.29 is 8.78 Å². The molecule has 5 heteroatoms. The van der Waals surface area contributed by atoms with E-state index in [0.29, 0.717) is 17.6 Å². The summed E-state index contributed by atoms with van der Waals surface area (Å²) in [6, 6.07) is 5.41. The molecule has 0 saturated heterocycles. The van der Waals surface area contributed by atoms with Crippen molar-refractivity contribution >= 4 is 5.82 Å². The van der Waals surface area contributed by atoms with Gasteiger partial charge < -0.3 is 5.32 Å². The zero-order valence-electron chi connectivity index (χ0n) is 9.53. The van der Waals surface area contributed by atoms with Gasteiger partial charge in [-0.1, -0.05) is 0 Å². The first-order valence-electron chi connectivity index (χ1n) is 5.76. The summed E-state index contributed by atoms with van der Waals surface area (Å²) in [7, 11) is 0. The Bertz CT molecular complexity index is 582. The number of nitrogens with zero attached hydrogens (tertiary/aromatic N) is 2. The van der Waals surface area contributed by atoms with E-state index in [1.54, 1.807) is 6.07 Å². The minimum Gasteiger partial charge on any atom is -0.367 e. The Morgan fingerprint density at radius 1 is 1.11 bits per heavy atom. The molecule has 1 aliphatic rings. The number of halogens is 2. The van der Waals surface area contributed by atoms with E-state index in [2.05, 4.69) is 15.3 Å². The molecule has 0 bridgehead atoms. The molecule has 1 aromatic carbocycles. The monoisotopic (exact) mass is 247 g/mol. The van der Waals surface area contributed by atoms with E-state index >= 15 is 0 Å². The van der Waals surface area contributed by atoms with Crippen molar-refractivity contribution in [2.24, 2.45) is 0 Å². The Balaban J connectivity index is 1.96. The topological polar surface area (TPSA) is 37.8 Å². The van der Waals surface area contributed by atoms with Gasteiger partial charge in [0.25, 0.3) is 0 Å². The van der Waals surface area contributed by atoms with Crippen LogP contribution in [0.1, 0.15) is 12.8 Å². The van der Waals surface area contributed by atoms with Crippen molar-refractivity contribution in [1.29, 1.82) is 0 Å². The highest BCUT2D eigenvalue weighted by atomic mass is 19.1. The van der Waals surface area contributed by atoms with Crippen molar-refractivity contribution in [3.63, 3.8) is 0 Å². The average molecular weight is 247 g/mol. The van der Waals surface area contributed by atoms with Crippen LogP contribution in [0.15, 0.2) is 30.6 Å². The summed E-state index contributed by atoms with van der Waals surface area (Å²) in [4.78, 5) is 8.04. The second-order valence-electron chi connectivity index (χ2n) is 4.33. The van der Waals surface area contributed by atoms with Gasteiger partial charge in [-0.15, -0.1) is 0 Å². The molecule has 0 aliphatic heterocycles. The maximum Gasteiger partial charge on any atom is 0.132 e. The van der Waals surface area contributed by atoms with Gasteiger partial charge in [-0.2, -0.15) is 0 Å². The largest absolute Gasteiger partial charge is 0.367 e. The van der Waals surface area contributed by atoms with Gasteiger partial charge in [0, 0.05) is 17.7 Å². The molecule has 3 rings (SSSR count). The predicted molar refractivity (Wildman–Crippen MR) is 64.0 cm³/mol. The van der Waals surface area contributed by atoms with Gasteiger partial charge in [0.2, 0.25) is 0 Å². The summed E-state index contributed by atoms with van der Waals surface area (Å²) in [6.07, 6.45) is 3.59. The van der Waals surface area contributed by atoms with Crippen LogP contribution in [0.3, 0.4) is 0 Å². The highest BCUT2D eigenvalue weighted by Crippen LogP contribution is 2.26. The van der Waals surface area contributed by atoms with Crippen LogP contribution < -0.4 is 5.32 Å². The number of benzene rings is 1. The smallest absolute Gasteiger partial charge is 0.132 e. The highest BCUT2D eigenvalue weighted by Gasteiger charge is 2.21. The minimum atomic E-state index is -0.493. The minimum absolute atomic E-state index is 0.149. The van der Waals surface area contributed by atoms with Crippen LogP contribution in [0.4, 0.5) is 14.6 Å². The van der Waals surface area contributed by atoms with Crippen molar-refractivity contribution in [1.82, 2.24) is 9.97 Å². The molecule has 1 aromatic heterocycles. The van der Waals surface area contributed by atoms with E-state index in [9.17, 15) is 8.78 Å². The van der Waals surface area contributed by atoms with Gasteiger partial charge in [0.15, 0.2) is 0 Å². The third-order valence-corrected chi connectivity index (χ3v) is 2.80. The van der Waals surface area contributed by atoms with Crippen molar-refractivity contribution in [3.8, 4) is 11.3 Å². The fourth-order valence-electron chi connectivity index (χ4n) is 1.71. The van der Waals surface area contributed by atoms with Gasteiger partial charge >= 0.3 is 0 Å². The maximum atomic E-state index is 13.6. The van der Waals surface area contributed by atoms with Gasteiger partial charge in [-0.05, 0) is 31.0 Å². The first-order chi connectivity index (χ1) is 8.72. The Morgan fingerprint density at radius 2 is 1.94 bits per heavy atom. The second kappa shape index (κ2) is 4.33. The summed E-state index contributed by atoms with van der Waals surface area (Å²) < 4.78 is 26.7. The molecule has 18 heavy (non-hydrogen) atoms. The van der Waals surface area contributed by atoms with Crippen LogP contribution >= 0.6 is 0 Å². The van der Waals surface area contributed by atoms with Gasteiger partial charge in [0.1, 0.15) is 23.8 Å². The fourth-order valence-corrected chi connectivity index (χ4v) is 1.71. The van der Waals surface area contributed by atoms with Crippen LogP contribution in [0.5, 0.6) is 0 Å². The normalized spacial score (nSPS) is 14.6. The summed E-state index contributed by atoms with van der Waals surface area (Å²) in [5, 5.41) is 3.19. The third-order valence-electron chi connectivity index (χ3n) is 2.80. The van der Waals surface area contributed by atoms with E-state index in [1.807, 2.05) is 0 Å². The molecule has 1 heterocycles. The molecule has 1 saturated carbocycles. The number of nitrogens with one attached hydrogen (secondary N) is 1. The molecule has 0 radical (unpaired) electrons. The lowest BCUT2D eigenvalue weighted by Gasteiger charge is -2.06. The van der Waals surface area contributed by atoms with Crippen LogP contribution in [0.25, 0.3) is 11.3 Å². The highest BCUT2D eigenvalue weighted by molar-refractivity contribution is 5.63. The zero-order valence-corrected chi connectivity index (χ0v) is 9.53. The molecular formula is C13H11F2N3.